The Morgan fingerprint density at radius 2 is 1.76 bits per heavy atom. The maximum absolute atomic E-state index is 12.7. The number of hydrogen-bond donors (Lipinski definition) is 4. The van der Waals surface area contributed by atoms with Gasteiger partial charge in [0.15, 0.2) is 0 Å². The van der Waals surface area contributed by atoms with Crippen molar-refractivity contribution in [1.82, 2.24) is 10.6 Å². The molecule has 4 rings (SSSR count). The molecule has 0 atom stereocenters. The van der Waals surface area contributed by atoms with Crippen LogP contribution in [0.5, 0.6) is 11.5 Å². The third-order valence-corrected chi connectivity index (χ3v) is 5.91. The number of nitrogens with one attached hydrogen (secondary N) is 4. The summed E-state index contributed by atoms with van der Waals surface area (Å²) in [6, 6.07) is 19.8. The van der Waals surface area contributed by atoms with Crippen LogP contribution in [0.2, 0.25) is 0 Å². The van der Waals surface area contributed by atoms with Crippen molar-refractivity contribution in [2.45, 2.75) is 26.3 Å². The van der Waals surface area contributed by atoms with Crippen LogP contribution in [-0.4, -0.2) is 37.8 Å². The number of ether oxygens (including phenoxy) is 1. The van der Waals surface area contributed by atoms with Crippen molar-refractivity contribution in [3.05, 3.63) is 77.4 Å². The van der Waals surface area contributed by atoms with Gasteiger partial charge in [-0.3, -0.25) is 4.79 Å². The van der Waals surface area contributed by atoms with Gasteiger partial charge in [0.2, 0.25) is 0 Å². The number of anilines is 1. The zero-order valence-corrected chi connectivity index (χ0v) is 19.3. The maximum atomic E-state index is 12.7. The molecule has 170 valence electrons. The first-order chi connectivity index (χ1) is 16.0. The molecule has 33 heavy (non-hydrogen) atoms. The molecule has 1 fully saturated rings. The average molecular weight is 443 g/mol. The van der Waals surface area contributed by atoms with Gasteiger partial charge in [-0.05, 0) is 60.4 Å². The van der Waals surface area contributed by atoms with Crippen molar-refractivity contribution >= 4 is 17.3 Å². The van der Waals surface area contributed by atoms with Gasteiger partial charge in [0.05, 0.1) is 6.04 Å². The van der Waals surface area contributed by atoms with Crippen LogP contribution in [0.3, 0.4) is 0 Å². The highest BCUT2D eigenvalue weighted by molar-refractivity contribution is 6.01. The fourth-order valence-corrected chi connectivity index (χ4v) is 3.94. The second-order valence-electron chi connectivity index (χ2n) is 8.27. The lowest BCUT2D eigenvalue weighted by Crippen LogP contribution is -2.57. The second-order valence-corrected chi connectivity index (χ2v) is 8.27. The number of carbonyl (C=O) groups excluding carboxylic acids is 1. The van der Waals surface area contributed by atoms with Gasteiger partial charge in [0.25, 0.3) is 5.91 Å². The molecule has 1 heterocycles. The second kappa shape index (κ2) is 9.88. The largest absolute Gasteiger partial charge is 0.457 e. The van der Waals surface area contributed by atoms with Crippen molar-refractivity contribution in [2.24, 2.45) is 0 Å². The van der Waals surface area contributed by atoms with Crippen LogP contribution in [-0.2, 0) is 6.42 Å². The predicted molar refractivity (Wildman–Crippen MR) is 134 cm³/mol. The fourth-order valence-electron chi connectivity index (χ4n) is 3.94. The minimum atomic E-state index is -0.00840. The lowest BCUT2D eigenvalue weighted by Gasteiger charge is -2.28. The van der Waals surface area contributed by atoms with Gasteiger partial charge in [0, 0.05) is 48.7 Å². The molecular weight excluding hydrogens is 412 g/mol. The summed E-state index contributed by atoms with van der Waals surface area (Å²) in [4.78, 5) is 12.7. The molecule has 1 aliphatic heterocycles. The number of rotatable bonds is 8. The van der Waals surface area contributed by atoms with E-state index in [1.807, 2.05) is 61.6 Å². The van der Waals surface area contributed by atoms with E-state index in [1.54, 1.807) is 6.92 Å². The SMILES string of the molecule is CCc1cc(-c2cccc(Oc3ccc(C(C)=N)c(NC)c3)c2)ccc1C(=O)NC1CNC1. The average Bonchev–Trinajstić information content (AvgIpc) is 2.80. The first kappa shape index (κ1) is 22.6. The van der Waals surface area contributed by atoms with Crippen LogP contribution in [0, 0.1) is 5.41 Å². The Bertz CT molecular complexity index is 1180. The number of aryl methyl sites for hydroxylation is 1. The zero-order valence-electron chi connectivity index (χ0n) is 19.3. The molecule has 0 aliphatic carbocycles. The Morgan fingerprint density at radius 3 is 2.42 bits per heavy atom. The van der Waals surface area contributed by atoms with Crippen molar-refractivity contribution in [2.75, 3.05) is 25.5 Å². The van der Waals surface area contributed by atoms with E-state index in [2.05, 4.69) is 28.9 Å². The molecule has 0 unspecified atom stereocenters. The smallest absolute Gasteiger partial charge is 0.251 e. The molecule has 6 nitrogen and oxygen atoms in total. The van der Waals surface area contributed by atoms with Crippen molar-refractivity contribution < 1.29 is 9.53 Å². The maximum Gasteiger partial charge on any atom is 0.251 e. The van der Waals surface area contributed by atoms with Crippen LogP contribution in [0.15, 0.2) is 60.7 Å². The number of amides is 1. The molecule has 3 aromatic rings. The van der Waals surface area contributed by atoms with E-state index >= 15 is 0 Å². The Kier molecular flexibility index (Phi) is 6.75. The lowest BCUT2D eigenvalue weighted by atomic mass is 9.97. The van der Waals surface area contributed by atoms with Crippen molar-refractivity contribution in [3.63, 3.8) is 0 Å². The van der Waals surface area contributed by atoms with Crippen LogP contribution in [0.1, 0.15) is 35.3 Å². The molecule has 3 aromatic carbocycles. The molecule has 0 aromatic heterocycles. The van der Waals surface area contributed by atoms with Gasteiger partial charge in [-0.25, -0.2) is 0 Å². The van der Waals surface area contributed by atoms with Gasteiger partial charge in [-0.15, -0.1) is 0 Å². The Labute approximate surface area is 194 Å². The highest BCUT2D eigenvalue weighted by atomic mass is 16.5. The third kappa shape index (κ3) is 5.07. The van der Waals surface area contributed by atoms with Gasteiger partial charge in [-0.1, -0.05) is 31.2 Å². The molecule has 6 heteroatoms. The van der Waals surface area contributed by atoms with Gasteiger partial charge < -0.3 is 26.1 Å². The van der Waals surface area contributed by atoms with Crippen LogP contribution in [0.25, 0.3) is 11.1 Å². The molecule has 0 saturated carbocycles. The highest BCUT2D eigenvalue weighted by Gasteiger charge is 2.21. The minimum Gasteiger partial charge on any atom is -0.457 e. The molecule has 0 bridgehead atoms. The number of hydrogen-bond acceptors (Lipinski definition) is 5. The molecule has 0 radical (unpaired) electrons. The highest BCUT2D eigenvalue weighted by Crippen LogP contribution is 2.31. The van der Waals surface area contributed by atoms with Crippen LogP contribution >= 0.6 is 0 Å². The molecule has 4 N–H and O–H groups in total. The van der Waals surface area contributed by atoms with Gasteiger partial charge >= 0.3 is 0 Å². The predicted octanol–water partition coefficient (Wildman–Crippen LogP) is 4.84. The van der Waals surface area contributed by atoms with E-state index in [1.165, 1.54) is 0 Å². The summed E-state index contributed by atoms with van der Waals surface area (Å²) in [7, 11) is 1.84. The third-order valence-electron chi connectivity index (χ3n) is 5.91. The normalized spacial score (nSPS) is 13.2. The Balaban J connectivity index is 1.56. The van der Waals surface area contributed by atoms with E-state index < -0.39 is 0 Å². The lowest BCUT2D eigenvalue weighted by molar-refractivity contribution is 0.0923. The van der Waals surface area contributed by atoms with Crippen LogP contribution < -0.4 is 20.7 Å². The summed E-state index contributed by atoms with van der Waals surface area (Å²) in [5, 5.41) is 17.3. The van der Waals surface area contributed by atoms with Crippen LogP contribution in [0.4, 0.5) is 5.69 Å². The molecule has 0 spiro atoms. The summed E-state index contributed by atoms with van der Waals surface area (Å²) in [5.41, 5.74) is 6.05. The molecule has 1 amide bonds. The molecule has 1 aliphatic rings. The summed E-state index contributed by atoms with van der Waals surface area (Å²) in [5.74, 6) is 1.42. The Hall–Kier alpha value is -3.64. The summed E-state index contributed by atoms with van der Waals surface area (Å²) in [6.45, 7) is 5.50. The van der Waals surface area contributed by atoms with E-state index in [-0.39, 0.29) is 11.9 Å². The fraction of sp³-hybridized carbons (Fsp3) is 0.259. The molecule has 1 saturated heterocycles. The monoisotopic (exact) mass is 442 g/mol. The topological polar surface area (TPSA) is 86.2 Å². The van der Waals surface area contributed by atoms with E-state index in [0.29, 0.717) is 11.5 Å². The summed E-state index contributed by atoms with van der Waals surface area (Å²) in [6.07, 6.45) is 0.779. The first-order valence-corrected chi connectivity index (χ1v) is 11.3. The van der Waals surface area contributed by atoms with Gasteiger partial charge in [0.1, 0.15) is 11.5 Å². The van der Waals surface area contributed by atoms with E-state index in [4.69, 9.17) is 10.1 Å². The number of benzene rings is 3. The minimum absolute atomic E-state index is 0.00840. The van der Waals surface area contributed by atoms with E-state index in [9.17, 15) is 4.79 Å². The standard InChI is InChI=1S/C27H30N4O2/c1-4-18-12-20(8-10-25(18)27(32)31-21-15-30-16-21)19-6-5-7-22(13-19)33-23-9-11-24(17(2)28)26(14-23)29-3/h5-14,21,28-30H,4,15-16H2,1-3H3,(H,31,32). The number of carbonyl (C=O) groups is 1. The van der Waals surface area contributed by atoms with E-state index in [0.717, 1.165) is 58.8 Å². The van der Waals surface area contributed by atoms with Gasteiger partial charge in [-0.2, -0.15) is 0 Å². The zero-order chi connectivity index (χ0) is 23.4. The summed E-state index contributed by atoms with van der Waals surface area (Å²) >= 11 is 0. The first-order valence-electron chi connectivity index (χ1n) is 11.3. The van der Waals surface area contributed by atoms with Crippen molar-refractivity contribution in [1.29, 1.82) is 5.41 Å². The van der Waals surface area contributed by atoms with Crippen molar-refractivity contribution in [3.8, 4) is 22.6 Å². The quantitative estimate of drug-likeness (QED) is 0.376. The summed E-state index contributed by atoms with van der Waals surface area (Å²) < 4.78 is 6.12. The molecular formula is C27H30N4O2. The Morgan fingerprint density at radius 1 is 1.03 bits per heavy atom.